The number of amides is 2. The highest BCUT2D eigenvalue weighted by molar-refractivity contribution is 6.32. The Balaban J connectivity index is 1.51. The van der Waals surface area contributed by atoms with Gasteiger partial charge in [0.05, 0.1) is 16.2 Å². The van der Waals surface area contributed by atoms with Crippen molar-refractivity contribution < 1.29 is 14.3 Å². The quantitative estimate of drug-likeness (QED) is 0.239. The van der Waals surface area contributed by atoms with Crippen molar-refractivity contribution in [1.29, 1.82) is 0 Å². The van der Waals surface area contributed by atoms with Crippen LogP contribution in [-0.2, 0) is 16.2 Å². The molecule has 1 atom stereocenters. The summed E-state index contributed by atoms with van der Waals surface area (Å²) in [5.74, 6) is 0.187. The summed E-state index contributed by atoms with van der Waals surface area (Å²) in [6.07, 6.45) is 4.30. The lowest BCUT2D eigenvalue weighted by atomic mass is 10.0. The van der Waals surface area contributed by atoms with Crippen LogP contribution >= 0.6 is 11.6 Å². The molecule has 0 radical (unpaired) electrons. The minimum absolute atomic E-state index is 0.124. The predicted molar refractivity (Wildman–Crippen MR) is 148 cm³/mol. The van der Waals surface area contributed by atoms with Gasteiger partial charge in [0.1, 0.15) is 30.5 Å². The largest absolute Gasteiger partial charge is 0.486 e. The number of ether oxygens (including phenoxy) is 1. The number of aromatic nitrogens is 3. The number of halogens is 1. The van der Waals surface area contributed by atoms with Crippen LogP contribution in [0.4, 0.5) is 17.2 Å². The van der Waals surface area contributed by atoms with E-state index in [1.165, 1.54) is 6.33 Å². The Morgan fingerprint density at radius 3 is 2.58 bits per heavy atom. The zero-order chi connectivity index (χ0) is 27.1. The van der Waals surface area contributed by atoms with Gasteiger partial charge < -0.3 is 20.7 Å². The van der Waals surface area contributed by atoms with Gasteiger partial charge in [0, 0.05) is 23.0 Å². The normalized spacial score (nSPS) is 11.6. The van der Waals surface area contributed by atoms with Crippen molar-refractivity contribution in [3.05, 3.63) is 90.5 Å². The molecule has 2 heterocycles. The second-order valence-corrected chi connectivity index (χ2v) is 9.17. The van der Waals surface area contributed by atoms with E-state index in [-0.39, 0.29) is 11.8 Å². The lowest BCUT2D eigenvalue weighted by Gasteiger charge is -2.21. The van der Waals surface area contributed by atoms with Crippen LogP contribution in [0.15, 0.2) is 79.8 Å². The summed E-state index contributed by atoms with van der Waals surface area (Å²) in [4.78, 5) is 37.6. The number of benzene rings is 2. The van der Waals surface area contributed by atoms with E-state index in [9.17, 15) is 9.59 Å². The standard InChI is InChI=1S/C28H27ClN6O3/c1-4-25(36)35-26(17(2)3)28(37)34-18-8-10-23-21(13-18)27(32-16-31-23)33-19-9-11-24(22(29)14-19)38-15-20-7-5-6-12-30-20/h4-14,16-17,26H,1,15H2,2-3H3,(H,34,37)(H,35,36)(H,31,32,33). The summed E-state index contributed by atoms with van der Waals surface area (Å²) in [7, 11) is 0. The van der Waals surface area contributed by atoms with Gasteiger partial charge in [0.25, 0.3) is 0 Å². The molecule has 0 aliphatic carbocycles. The Labute approximate surface area is 225 Å². The molecule has 2 amide bonds. The highest BCUT2D eigenvalue weighted by Crippen LogP contribution is 2.31. The van der Waals surface area contributed by atoms with Crippen LogP contribution in [0.2, 0.25) is 5.02 Å². The van der Waals surface area contributed by atoms with E-state index in [0.29, 0.717) is 45.5 Å². The fourth-order valence-corrected chi connectivity index (χ4v) is 3.90. The average molecular weight is 531 g/mol. The van der Waals surface area contributed by atoms with E-state index in [1.54, 1.807) is 36.5 Å². The van der Waals surface area contributed by atoms with Gasteiger partial charge in [0.2, 0.25) is 11.8 Å². The molecule has 0 fully saturated rings. The summed E-state index contributed by atoms with van der Waals surface area (Å²) in [5, 5.41) is 9.91. The van der Waals surface area contributed by atoms with Crippen molar-refractivity contribution in [3.8, 4) is 5.75 Å². The van der Waals surface area contributed by atoms with Gasteiger partial charge in [-0.3, -0.25) is 14.6 Å². The van der Waals surface area contributed by atoms with E-state index in [4.69, 9.17) is 16.3 Å². The number of pyridine rings is 1. The zero-order valence-electron chi connectivity index (χ0n) is 20.9. The Morgan fingerprint density at radius 2 is 1.87 bits per heavy atom. The van der Waals surface area contributed by atoms with Crippen LogP contribution in [0, 0.1) is 5.92 Å². The van der Waals surface area contributed by atoms with Crippen molar-refractivity contribution in [1.82, 2.24) is 20.3 Å². The van der Waals surface area contributed by atoms with Crippen molar-refractivity contribution in [2.24, 2.45) is 5.92 Å². The topological polar surface area (TPSA) is 118 Å². The first-order valence-electron chi connectivity index (χ1n) is 11.9. The maximum Gasteiger partial charge on any atom is 0.247 e. The third-order valence-electron chi connectivity index (χ3n) is 5.63. The zero-order valence-corrected chi connectivity index (χ0v) is 21.7. The maximum atomic E-state index is 12.9. The van der Waals surface area contributed by atoms with Crippen LogP contribution in [0.5, 0.6) is 5.75 Å². The lowest BCUT2D eigenvalue weighted by Crippen LogP contribution is -2.46. The van der Waals surface area contributed by atoms with Crippen molar-refractivity contribution in [2.75, 3.05) is 10.6 Å². The lowest BCUT2D eigenvalue weighted by molar-refractivity contribution is -0.124. The second kappa shape index (κ2) is 12.2. The highest BCUT2D eigenvalue weighted by Gasteiger charge is 2.23. The van der Waals surface area contributed by atoms with Crippen LogP contribution < -0.4 is 20.7 Å². The maximum absolute atomic E-state index is 12.9. The molecule has 4 rings (SSSR count). The predicted octanol–water partition coefficient (Wildman–Crippen LogP) is 5.27. The molecule has 0 saturated carbocycles. The first kappa shape index (κ1) is 26.6. The minimum Gasteiger partial charge on any atom is -0.486 e. The average Bonchev–Trinajstić information content (AvgIpc) is 2.91. The molecule has 0 aliphatic rings. The molecule has 0 aliphatic heterocycles. The molecule has 0 spiro atoms. The molecular weight excluding hydrogens is 504 g/mol. The van der Waals surface area contributed by atoms with Gasteiger partial charge in [-0.05, 0) is 60.5 Å². The first-order valence-corrected chi connectivity index (χ1v) is 12.3. The number of nitrogens with zero attached hydrogens (tertiary/aromatic N) is 3. The molecule has 0 saturated heterocycles. The van der Waals surface area contributed by atoms with Crippen LogP contribution in [0.1, 0.15) is 19.5 Å². The Kier molecular flexibility index (Phi) is 8.50. The van der Waals surface area contributed by atoms with E-state index in [0.717, 1.165) is 11.8 Å². The molecule has 194 valence electrons. The molecular formula is C28H27ClN6O3. The fourth-order valence-electron chi connectivity index (χ4n) is 3.67. The number of hydrogen-bond donors (Lipinski definition) is 3. The van der Waals surface area contributed by atoms with E-state index < -0.39 is 11.9 Å². The van der Waals surface area contributed by atoms with E-state index in [1.807, 2.05) is 38.1 Å². The molecule has 3 N–H and O–H groups in total. The molecule has 4 aromatic rings. The monoisotopic (exact) mass is 530 g/mol. The molecule has 0 bridgehead atoms. The van der Waals surface area contributed by atoms with Crippen LogP contribution in [0.25, 0.3) is 10.9 Å². The van der Waals surface area contributed by atoms with Gasteiger partial charge in [-0.2, -0.15) is 0 Å². The van der Waals surface area contributed by atoms with Gasteiger partial charge >= 0.3 is 0 Å². The molecule has 9 nitrogen and oxygen atoms in total. The van der Waals surface area contributed by atoms with Crippen molar-refractivity contribution in [3.63, 3.8) is 0 Å². The van der Waals surface area contributed by atoms with E-state index >= 15 is 0 Å². The van der Waals surface area contributed by atoms with Gasteiger partial charge in [-0.25, -0.2) is 9.97 Å². The summed E-state index contributed by atoms with van der Waals surface area (Å²) in [5.41, 5.74) is 2.71. The van der Waals surface area contributed by atoms with Gasteiger partial charge in [-0.15, -0.1) is 0 Å². The van der Waals surface area contributed by atoms with Gasteiger partial charge in [-0.1, -0.05) is 38.1 Å². The first-order chi connectivity index (χ1) is 18.3. The number of hydrogen-bond acceptors (Lipinski definition) is 7. The Morgan fingerprint density at radius 1 is 1.05 bits per heavy atom. The molecule has 10 heteroatoms. The molecule has 2 aromatic carbocycles. The van der Waals surface area contributed by atoms with Crippen LogP contribution in [-0.4, -0.2) is 32.8 Å². The summed E-state index contributed by atoms with van der Waals surface area (Å²) >= 11 is 6.46. The number of anilines is 3. The Bertz CT molecular complexity index is 1460. The number of carbonyl (C=O) groups excluding carboxylic acids is 2. The fraction of sp³-hybridized carbons (Fsp3) is 0.179. The van der Waals surface area contributed by atoms with Crippen molar-refractivity contribution in [2.45, 2.75) is 26.5 Å². The number of rotatable bonds is 10. The highest BCUT2D eigenvalue weighted by atomic mass is 35.5. The SMILES string of the molecule is C=CC(=O)NC(C(=O)Nc1ccc2ncnc(Nc3ccc(OCc4ccccn4)c(Cl)c3)c2c1)C(C)C. The van der Waals surface area contributed by atoms with Gasteiger partial charge in [0.15, 0.2) is 0 Å². The number of nitrogens with one attached hydrogen (secondary N) is 3. The molecule has 2 aromatic heterocycles. The van der Waals surface area contributed by atoms with E-state index in [2.05, 4.69) is 37.5 Å². The van der Waals surface area contributed by atoms with Crippen molar-refractivity contribution >= 4 is 51.5 Å². The molecule has 1 unspecified atom stereocenters. The minimum atomic E-state index is -0.721. The Hall–Kier alpha value is -4.50. The molecule has 38 heavy (non-hydrogen) atoms. The second-order valence-electron chi connectivity index (χ2n) is 8.76. The third kappa shape index (κ3) is 6.63. The number of carbonyl (C=O) groups is 2. The summed E-state index contributed by atoms with van der Waals surface area (Å²) in [6, 6.07) is 15.5. The van der Waals surface area contributed by atoms with Crippen LogP contribution in [0.3, 0.4) is 0 Å². The summed E-state index contributed by atoms with van der Waals surface area (Å²) in [6.45, 7) is 7.45. The third-order valence-corrected chi connectivity index (χ3v) is 5.93. The summed E-state index contributed by atoms with van der Waals surface area (Å²) < 4.78 is 5.80. The smallest absolute Gasteiger partial charge is 0.247 e. The number of fused-ring (bicyclic) bond motifs is 1.